The van der Waals surface area contributed by atoms with Crippen LogP contribution in [0.3, 0.4) is 0 Å². The fraction of sp³-hybridized carbons (Fsp3) is 0.438. The molecular formula is C16H21N3. The fourth-order valence-corrected chi connectivity index (χ4v) is 3.02. The van der Waals surface area contributed by atoms with Crippen LogP contribution >= 0.6 is 0 Å². The highest BCUT2D eigenvalue weighted by atomic mass is 15.1. The molecule has 2 heterocycles. The molecule has 1 aromatic heterocycles. The van der Waals surface area contributed by atoms with E-state index in [2.05, 4.69) is 52.1 Å². The Bertz CT molecular complexity index is 518. The van der Waals surface area contributed by atoms with Gasteiger partial charge in [0.25, 0.3) is 0 Å². The molecule has 0 radical (unpaired) electrons. The number of hydrogen-bond acceptors (Lipinski definition) is 2. The van der Waals surface area contributed by atoms with E-state index < -0.39 is 0 Å². The number of imidazole rings is 1. The molecule has 100 valence electrons. The minimum absolute atomic E-state index is 0.589. The van der Waals surface area contributed by atoms with Crippen molar-refractivity contribution in [3.05, 3.63) is 42.4 Å². The number of aromatic amines is 1. The SMILES string of the molecule is CCN1CCCC(c2[nH]cnc2-c2ccccc2)C1. The predicted molar refractivity (Wildman–Crippen MR) is 78.1 cm³/mol. The van der Waals surface area contributed by atoms with E-state index in [1.165, 1.54) is 30.6 Å². The molecule has 3 nitrogen and oxygen atoms in total. The van der Waals surface area contributed by atoms with Crippen molar-refractivity contribution in [2.24, 2.45) is 0 Å². The first kappa shape index (κ1) is 12.4. The number of hydrogen-bond donors (Lipinski definition) is 1. The summed E-state index contributed by atoms with van der Waals surface area (Å²) in [6.45, 7) is 5.78. The van der Waals surface area contributed by atoms with Gasteiger partial charge in [-0.1, -0.05) is 37.3 Å². The van der Waals surface area contributed by atoms with E-state index in [0.717, 1.165) is 18.8 Å². The van der Waals surface area contributed by atoms with Crippen LogP contribution in [0.2, 0.25) is 0 Å². The van der Waals surface area contributed by atoms with Crippen molar-refractivity contribution < 1.29 is 0 Å². The van der Waals surface area contributed by atoms with Crippen LogP contribution in [0.15, 0.2) is 36.7 Å². The maximum Gasteiger partial charge on any atom is 0.0929 e. The first-order valence-corrected chi connectivity index (χ1v) is 7.19. The van der Waals surface area contributed by atoms with E-state index in [0.29, 0.717) is 5.92 Å². The monoisotopic (exact) mass is 255 g/mol. The second kappa shape index (κ2) is 5.57. The molecule has 0 spiro atoms. The summed E-state index contributed by atoms with van der Waals surface area (Å²) in [5, 5.41) is 0. The summed E-state index contributed by atoms with van der Waals surface area (Å²) in [6.07, 6.45) is 4.38. The van der Waals surface area contributed by atoms with Crippen LogP contribution in [0.5, 0.6) is 0 Å². The number of nitrogens with one attached hydrogen (secondary N) is 1. The standard InChI is InChI=1S/C16H21N3/c1-2-19-10-6-9-14(11-19)16-15(17-12-18-16)13-7-4-3-5-8-13/h3-5,7-8,12,14H,2,6,9-11H2,1H3,(H,17,18). The first-order chi connectivity index (χ1) is 9.38. The van der Waals surface area contributed by atoms with E-state index in [1.54, 1.807) is 0 Å². The van der Waals surface area contributed by atoms with Gasteiger partial charge >= 0.3 is 0 Å². The molecule has 1 fully saturated rings. The maximum absolute atomic E-state index is 4.54. The Morgan fingerprint density at radius 1 is 1.32 bits per heavy atom. The quantitative estimate of drug-likeness (QED) is 0.912. The number of aromatic nitrogens is 2. The molecule has 0 amide bonds. The Balaban J connectivity index is 1.88. The normalized spacial score (nSPS) is 20.6. The van der Waals surface area contributed by atoms with Crippen LogP contribution in [0, 0.1) is 0 Å². The molecule has 1 aliphatic heterocycles. The highest BCUT2D eigenvalue weighted by Gasteiger charge is 2.24. The molecule has 1 aliphatic rings. The lowest BCUT2D eigenvalue weighted by Gasteiger charge is -2.31. The lowest BCUT2D eigenvalue weighted by atomic mass is 9.92. The number of benzene rings is 1. The van der Waals surface area contributed by atoms with Gasteiger partial charge in [-0.25, -0.2) is 4.98 Å². The molecule has 19 heavy (non-hydrogen) atoms. The molecule has 0 bridgehead atoms. The summed E-state index contributed by atoms with van der Waals surface area (Å²) in [5.74, 6) is 0.589. The van der Waals surface area contributed by atoms with Crippen molar-refractivity contribution in [2.45, 2.75) is 25.7 Å². The van der Waals surface area contributed by atoms with Crippen LogP contribution in [-0.4, -0.2) is 34.5 Å². The fourth-order valence-electron chi connectivity index (χ4n) is 3.02. The number of likely N-dealkylation sites (tertiary alicyclic amines) is 1. The molecule has 1 atom stereocenters. The second-order valence-electron chi connectivity index (χ2n) is 5.26. The number of piperidine rings is 1. The average molecular weight is 255 g/mol. The van der Waals surface area contributed by atoms with E-state index in [-0.39, 0.29) is 0 Å². The molecular weight excluding hydrogens is 234 g/mol. The smallest absolute Gasteiger partial charge is 0.0929 e. The van der Waals surface area contributed by atoms with Crippen LogP contribution in [0.25, 0.3) is 11.3 Å². The average Bonchev–Trinajstić information content (AvgIpc) is 2.98. The van der Waals surface area contributed by atoms with Crippen LogP contribution in [-0.2, 0) is 0 Å². The van der Waals surface area contributed by atoms with Crippen molar-refractivity contribution in [1.82, 2.24) is 14.9 Å². The largest absolute Gasteiger partial charge is 0.348 e. The highest BCUT2D eigenvalue weighted by molar-refractivity contribution is 5.62. The first-order valence-electron chi connectivity index (χ1n) is 7.19. The molecule has 3 rings (SSSR count). The van der Waals surface area contributed by atoms with Crippen molar-refractivity contribution in [3.63, 3.8) is 0 Å². The summed E-state index contributed by atoms with van der Waals surface area (Å²) in [7, 11) is 0. The third kappa shape index (κ3) is 2.56. The Kier molecular flexibility index (Phi) is 3.65. The highest BCUT2D eigenvalue weighted by Crippen LogP contribution is 2.31. The molecule has 0 saturated carbocycles. The zero-order valence-electron chi connectivity index (χ0n) is 11.5. The Morgan fingerprint density at radius 3 is 2.95 bits per heavy atom. The summed E-state index contributed by atoms with van der Waals surface area (Å²) in [4.78, 5) is 10.5. The predicted octanol–water partition coefficient (Wildman–Crippen LogP) is 3.28. The third-order valence-corrected chi connectivity index (χ3v) is 4.08. The Morgan fingerprint density at radius 2 is 2.16 bits per heavy atom. The van der Waals surface area contributed by atoms with Gasteiger partial charge in [-0.15, -0.1) is 0 Å². The minimum Gasteiger partial charge on any atom is -0.348 e. The lowest BCUT2D eigenvalue weighted by Crippen LogP contribution is -2.34. The Hall–Kier alpha value is -1.61. The summed E-state index contributed by atoms with van der Waals surface area (Å²) < 4.78 is 0. The van der Waals surface area contributed by atoms with Crippen LogP contribution in [0.1, 0.15) is 31.4 Å². The molecule has 3 heteroatoms. The molecule has 1 aromatic carbocycles. The number of rotatable bonds is 3. The number of likely N-dealkylation sites (N-methyl/N-ethyl adjacent to an activating group) is 1. The summed E-state index contributed by atoms with van der Waals surface area (Å²) >= 11 is 0. The summed E-state index contributed by atoms with van der Waals surface area (Å²) in [5.41, 5.74) is 3.65. The minimum atomic E-state index is 0.589. The molecule has 2 aromatic rings. The zero-order valence-corrected chi connectivity index (χ0v) is 11.5. The number of nitrogens with zero attached hydrogens (tertiary/aromatic N) is 2. The zero-order chi connectivity index (χ0) is 13.1. The van der Waals surface area contributed by atoms with Gasteiger partial charge < -0.3 is 9.88 Å². The molecule has 1 N–H and O–H groups in total. The van der Waals surface area contributed by atoms with E-state index in [1.807, 2.05) is 6.33 Å². The third-order valence-electron chi connectivity index (χ3n) is 4.08. The van der Waals surface area contributed by atoms with E-state index in [4.69, 9.17) is 0 Å². The van der Waals surface area contributed by atoms with Crippen molar-refractivity contribution >= 4 is 0 Å². The number of H-pyrrole nitrogens is 1. The van der Waals surface area contributed by atoms with E-state index >= 15 is 0 Å². The van der Waals surface area contributed by atoms with E-state index in [9.17, 15) is 0 Å². The lowest BCUT2D eigenvalue weighted by molar-refractivity contribution is 0.216. The van der Waals surface area contributed by atoms with Crippen LogP contribution < -0.4 is 0 Å². The topological polar surface area (TPSA) is 31.9 Å². The molecule has 0 aliphatic carbocycles. The van der Waals surface area contributed by atoms with Crippen molar-refractivity contribution in [2.75, 3.05) is 19.6 Å². The van der Waals surface area contributed by atoms with Gasteiger partial charge in [0.15, 0.2) is 0 Å². The van der Waals surface area contributed by atoms with Gasteiger partial charge in [0.05, 0.1) is 12.0 Å². The van der Waals surface area contributed by atoms with Crippen molar-refractivity contribution in [3.8, 4) is 11.3 Å². The van der Waals surface area contributed by atoms with Gasteiger partial charge in [-0.2, -0.15) is 0 Å². The van der Waals surface area contributed by atoms with Gasteiger partial charge in [-0.05, 0) is 25.9 Å². The maximum atomic E-state index is 4.54. The van der Waals surface area contributed by atoms with Gasteiger partial charge in [-0.3, -0.25) is 0 Å². The second-order valence-corrected chi connectivity index (χ2v) is 5.26. The molecule has 1 saturated heterocycles. The van der Waals surface area contributed by atoms with Gasteiger partial charge in [0.2, 0.25) is 0 Å². The Labute approximate surface area is 114 Å². The van der Waals surface area contributed by atoms with Gasteiger partial charge in [0, 0.05) is 23.7 Å². The van der Waals surface area contributed by atoms with Crippen LogP contribution in [0.4, 0.5) is 0 Å². The molecule has 1 unspecified atom stereocenters. The summed E-state index contributed by atoms with van der Waals surface area (Å²) in [6, 6.07) is 10.5. The van der Waals surface area contributed by atoms with Crippen molar-refractivity contribution in [1.29, 1.82) is 0 Å². The van der Waals surface area contributed by atoms with Gasteiger partial charge in [0.1, 0.15) is 0 Å².